The van der Waals surface area contributed by atoms with Gasteiger partial charge >= 0.3 is 0 Å². The van der Waals surface area contributed by atoms with Crippen LogP contribution in [0.1, 0.15) is 0 Å². The highest BCUT2D eigenvalue weighted by Crippen LogP contribution is 2.04. The van der Waals surface area contributed by atoms with Crippen molar-refractivity contribution < 1.29 is 9.53 Å². The largest absolute Gasteiger partial charge is 0.460 e. The van der Waals surface area contributed by atoms with Crippen molar-refractivity contribution in [3.05, 3.63) is 12.7 Å². The molecule has 1 amide bonds. The van der Waals surface area contributed by atoms with Crippen LogP contribution in [-0.2, 0) is 9.53 Å². The molecule has 1 heterocycles. The van der Waals surface area contributed by atoms with Crippen LogP contribution in [-0.4, -0.2) is 29.1 Å². The molecule has 0 aromatic rings. The number of nitrogens with zero attached hydrogens (tertiary/aromatic N) is 1. The molecule has 0 bridgehead atoms. The van der Waals surface area contributed by atoms with E-state index in [4.69, 9.17) is 17.0 Å². The molecule has 0 spiro atoms. The quantitative estimate of drug-likeness (QED) is 0.427. The maximum absolute atomic E-state index is 10.8. The standard InChI is InChI=1S/C6H7NO2S/c1-2-3-7-5(8)4-9-6(7)10/h2H,1,3-4H2. The van der Waals surface area contributed by atoms with Gasteiger partial charge in [0.1, 0.15) is 0 Å². The van der Waals surface area contributed by atoms with Crippen molar-refractivity contribution in [1.82, 2.24) is 4.90 Å². The van der Waals surface area contributed by atoms with Gasteiger partial charge in [-0.2, -0.15) is 0 Å². The summed E-state index contributed by atoms with van der Waals surface area (Å²) in [5.41, 5.74) is 0. The highest BCUT2D eigenvalue weighted by atomic mass is 32.1. The Labute approximate surface area is 64.3 Å². The molecule has 1 saturated heterocycles. The zero-order chi connectivity index (χ0) is 7.56. The molecule has 0 saturated carbocycles. The second-order valence-electron chi connectivity index (χ2n) is 1.85. The Balaban J connectivity index is 2.62. The lowest BCUT2D eigenvalue weighted by Crippen LogP contribution is -2.28. The summed E-state index contributed by atoms with van der Waals surface area (Å²) >= 11 is 4.72. The lowest BCUT2D eigenvalue weighted by atomic mass is 10.5. The second kappa shape index (κ2) is 2.79. The first-order valence-electron chi connectivity index (χ1n) is 2.83. The normalized spacial score (nSPS) is 17.4. The van der Waals surface area contributed by atoms with Gasteiger partial charge in [0.15, 0.2) is 6.61 Å². The smallest absolute Gasteiger partial charge is 0.268 e. The summed E-state index contributed by atoms with van der Waals surface area (Å²) in [5.74, 6) is -0.0927. The Morgan fingerprint density at radius 3 is 3.00 bits per heavy atom. The van der Waals surface area contributed by atoms with Crippen molar-refractivity contribution in [3.63, 3.8) is 0 Å². The molecule has 1 rings (SSSR count). The maximum Gasteiger partial charge on any atom is 0.268 e. The van der Waals surface area contributed by atoms with E-state index in [-0.39, 0.29) is 17.7 Å². The first kappa shape index (κ1) is 7.21. The molecule has 1 aliphatic rings. The van der Waals surface area contributed by atoms with Gasteiger partial charge in [0.05, 0.1) is 0 Å². The van der Waals surface area contributed by atoms with E-state index in [1.165, 1.54) is 4.90 Å². The first-order valence-corrected chi connectivity index (χ1v) is 3.24. The molecule has 1 aliphatic heterocycles. The Bertz CT molecular complexity index is 174. The summed E-state index contributed by atoms with van der Waals surface area (Å²) in [4.78, 5) is 12.2. The van der Waals surface area contributed by atoms with E-state index in [0.29, 0.717) is 6.54 Å². The number of carbonyl (C=O) groups is 1. The highest BCUT2D eigenvalue weighted by molar-refractivity contribution is 7.80. The van der Waals surface area contributed by atoms with Gasteiger partial charge in [-0.25, -0.2) is 0 Å². The van der Waals surface area contributed by atoms with Gasteiger partial charge in [-0.05, 0) is 12.2 Å². The molecule has 0 radical (unpaired) electrons. The number of rotatable bonds is 2. The minimum atomic E-state index is -0.0927. The fourth-order valence-electron chi connectivity index (χ4n) is 0.687. The zero-order valence-corrected chi connectivity index (χ0v) is 6.19. The topological polar surface area (TPSA) is 29.5 Å². The molecule has 0 atom stereocenters. The number of ether oxygens (including phenoxy) is 1. The van der Waals surface area contributed by atoms with E-state index in [9.17, 15) is 4.79 Å². The lowest BCUT2D eigenvalue weighted by molar-refractivity contribution is -0.125. The number of hydrogen-bond donors (Lipinski definition) is 0. The SMILES string of the molecule is C=CCN1C(=O)COC1=S. The summed E-state index contributed by atoms with van der Waals surface area (Å²) in [5, 5.41) is 0.255. The highest BCUT2D eigenvalue weighted by Gasteiger charge is 2.25. The molecule has 0 aromatic heterocycles. The average molecular weight is 157 g/mol. The molecule has 0 N–H and O–H groups in total. The summed E-state index contributed by atoms with van der Waals surface area (Å²) in [6.07, 6.45) is 1.61. The number of hydrogen-bond acceptors (Lipinski definition) is 3. The third kappa shape index (κ3) is 1.16. The number of carbonyl (C=O) groups excluding carboxylic acids is 1. The molecule has 0 aromatic carbocycles. The van der Waals surface area contributed by atoms with E-state index in [0.717, 1.165) is 0 Å². The van der Waals surface area contributed by atoms with Crippen molar-refractivity contribution >= 4 is 23.3 Å². The van der Waals surface area contributed by atoms with Crippen LogP contribution in [0.4, 0.5) is 0 Å². The van der Waals surface area contributed by atoms with Crippen LogP contribution in [0.25, 0.3) is 0 Å². The second-order valence-corrected chi connectivity index (χ2v) is 2.20. The van der Waals surface area contributed by atoms with Crippen molar-refractivity contribution in [1.29, 1.82) is 0 Å². The summed E-state index contributed by atoms with van der Waals surface area (Å²) < 4.78 is 4.79. The van der Waals surface area contributed by atoms with Crippen LogP contribution in [0.2, 0.25) is 0 Å². The molecule has 3 nitrogen and oxygen atoms in total. The van der Waals surface area contributed by atoms with Crippen LogP contribution in [0.15, 0.2) is 12.7 Å². The molecule has 1 fully saturated rings. The van der Waals surface area contributed by atoms with Crippen molar-refractivity contribution in [2.24, 2.45) is 0 Å². The van der Waals surface area contributed by atoms with Gasteiger partial charge in [-0.1, -0.05) is 6.08 Å². The van der Waals surface area contributed by atoms with Gasteiger partial charge in [0.25, 0.3) is 11.1 Å². The minimum absolute atomic E-state index is 0.0761. The van der Waals surface area contributed by atoms with Gasteiger partial charge in [0.2, 0.25) is 0 Å². The number of thiocarbonyl (C=S) groups is 1. The Kier molecular flexibility index (Phi) is 2.01. The summed E-state index contributed by atoms with van der Waals surface area (Å²) in [7, 11) is 0. The fraction of sp³-hybridized carbons (Fsp3) is 0.333. The first-order chi connectivity index (χ1) is 4.75. The van der Waals surface area contributed by atoms with E-state index < -0.39 is 0 Å². The molecular weight excluding hydrogens is 150 g/mol. The van der Waals surface area contributed by atoms with Crippen LogP contribution < -0.4 is 0 Å². The Morgan fingerprint density at radius 2 is 2.60 bits per heavy atom. The predicted octanol–water partition coefficient (Wildman–Crippen LogP) is 0.316. The van der Waals surface area contributed by atoms with Gasteiger partial charge in [-0.15, -0.1) is 6.58 Å². The third-order valence-electron chi connectivity index (χ3n) is 1.15. The van der Waals surface area contributed by atoms with Crippen molar-refractivity contribution in [2.75, 3.05) is 13.2 Å². The monoisotopic (exact) mass is 157 g/mol. The molecular formula is C6H7NO2S. The Hall–Kier alpha value is -0.900. The summed E-state index contributed by atoms with van der Waals surface area (Å²) in [6, 6.07) is 0. The third-order valence-corrected chi connectivity index (χ3v) is 1.49. The van der Waals surface area contributed by atoms with E-state index in [1.54, 1.807) is 6.08 Å². The fourth-order valence-corrected chi connectivity index (χ4v) is 0.922. The summed E-state index contributed by atoms with van der Waals surface area (Å²) in [6.45, 7) is 4.00. The van der Waals surface area contributed by atoms with Gasteiger partial charge in [0, 0.05) is 6.54 Å². The van der Waals surface area contributed by atoms with E-state index in [2.05, 4.69) is 6.58 Å². The van der Waals surface area contributed by atoms with E-state index >= 15 is 0 Å². The van der Waals surface area contributed by atoms with Crippen LogP contribution in [0.3, 0.4) is 0 Å². The molecule has 10 heavy (non-hydrogen) atoms. The van der Waals surface area contributed by atoms with Gasteiger partial charge < -0.3 is 4.74 Å². The molecule has 0 unspecified atom stereocenters. The van der Waals surface area contributed by atoms with Crippen LogP contribution in [0, 0.1) is 0 Å². The molecule has 0 aliphatic carbocycles. The predicted molar refractivity (Wildman–Crippen MR) is 40.5 cm³/mol. The average Bonchev–Trinajstić information content (AvgIpc) is 2.20. The van der Waals surface area contributed by atoms with Crippen molar-refractivity contribution in [3.8, 4) is 0 Å². The minimum Gasteiger partial charge on any atom is -0.460 e. The zero-order valence-electron chi connectivity index (χ0n) is 5.37. The number of amides is 1. The Morgan fingerprint density at radius 1 is 1.90 bits per heavy atom. The maximum atomic E-state index is 10.8. The lowest BCUT2D eigenvalue weighted by Gasteiger charge is -2.07. The van der Waals surface area contributed by atoms with Gasteiger partial charge in [-0.3, -0.25) is 9.69 Å². The molecule has 54 valence electrons. The van der Waals surface area contributed by atoms with E-state index in [1.807, 2.05) is 0 Å². The molecule has 4 heteroatoms. The van der Waals surface area contributed by atoms with Crippen LogP contribution >= 0.6 is 12.2 Å². The van der Waals surface area contributed by atoms with Crippen LogP contribution in [0.5, 0.6) is 0 Å². The van der Waals surface area contributed by atoms with Crippen molar-refractivity contribution in [2.45, 2.75) is 0 Å².